The highest BCUT2D eigenvalue weighted by Crippen LogP contribution is 2.43. The molecule has 0 fully saturated rings. The van der Waals surface area contributed by atoms with E-state index in [1.165, 1.54) is 61.9 Å². The zero-order valence-corrected chi connectivity index (χ0v) is 34.5. The molecule has 9 aromatic carbocycles. The zero-order valence-electron chi connectivity index (χ0n) is 32.8. The highest BCUT2D eigenvalue weighted by atomic mass is 32.1. The van der Waals surface area contributed by atoms with Crippen molar-refractivity contribution in [1.82, 2.24) is 19.5 Å². The minimum Gasteiger partial charge on any atom is -0.456 e. The molecule has 5 nitrogen and oxygen atoms in total. The maximum absolute atomic E-state index is 6.76. The molecular formula is C55H30N4OS2. The van der Waals surface area contributed by atoms with Gasteiger partial charge in [-0.05, 0) is 89.6 Å². The number of thiophene rings is 2. The maximum atomic E-state index is 6.76. The van der Waals surface area contributed by atoms with Gasteiger partial charge in [0.1, 0.15) is 11.2 Å². The van der Waals surface area contributed by atoms with E-state index in [-0.39, 0.29) is 0 Å². The van der Waals surface area contributed by atoms with Gasteiger partial charge in [-0.2, -0.15) is 0 Å². The number of aromatic nitrogens is 4. The molecule has 0 bridgehead atoms. The minimum absolute atomic E-state index is 0.583. The highest BCUT2D eigenvalue weighted by Gasteiger charge is 2.22. The Bertz CT molecular complexity index is 4060. The number of para-hydroxylation sites is 2. The van der Waals surface area contributed by atoms with E-state index in [1.54, 1.807) is 0 Å². The molecule has 14 aromatic rings. The Morgan fingerprint density at radius 3 is 1.61 bits per heavy atom. The third kappa shape index (κ3) is 5.03. The molecule has 0 aliphatic rings. The van der Waals surface area contributed by atoms with Crippen LogP contribution in [0.2, 0.25) is 0 Å². The summed E-state index contributed by atoms with van der Waals surface area (Å²) < 4.78 is 14.1. The standard InChI is InChI=1S/C55H30N4OS2/c1-2-12-32-28-45-40(25-31(32)11-1)36-13-3-7-17-44(36)59(45)35-29-43(52-39-16-4-8-18-46(39)60-47(52)30-35)55-57-53(33-21-23-50-41(26-33)37-14-5-9-19-48(37)61-50)56-54(58-55)34-22-24-51-42(27-34)38-15-6-10-20-49(38)62-51/h1-30H. The van der Waals surface area contributed by atoms with Crippen LogP contribution in [0.1, 0.15) is 0 Å². The smallest absolute Gasteiger partial charge is 0.164 e. The summed E-state index contributed by atoms with van der Waals surface area (Å²) in [5, 5.41) is 11.6. The summed E-state index contributed by atoms with van der Waals surface area (Å²) in [6.07, 6.45) is 0. The van der Waals surface area contributed by atoms with Gasteiger partial charge in [-0.25, -0.2) is 15.0 Å². The van der Waals surface area contributed by atoms with Gasteiger partial charge in [0.15, 0.2) is 17.5 Å². The van der Waals surface area contributed by atoms with Crippen LogP contribution in [0.25, 0.3) is 135 Å². The number of hydrogen-bond donors (Lipinski definition) is 0. The Morgan fingerprint density at radius 2 is 0.919 bits per heavy atom. The van der Waals surface area contributed by atoms with E-state index in [4.69, 9.17) is 19.4 Å². The average molecular weight is 827 g/mol. The van der Waals surface area contributed by atoms with Crippen molar-refractivity contribution in [1.29, 1.82) is 0 Å². The van der Waals surface area contributed by atoms with Crippen LogP contribution in [-0.2, 0) is 0 Å². The van der Waals surface area contributed by atoms with E-state index >= 15 is 0 Å². The molecule has 0 aliphatic carbocycles. The summed E-state index contributed by atoms with van der Waals surface area (Å²) in [5.41, 5.74) is 7.54. The number of furan rings is 1. The maximum Gasteiger partial charge on any atom is 0.164 e. The second-order valence-corrected chi connectivity index (χ2v) is 18.1. The average Bonchev–Trinajstić information content (AvgIpc) is 4.08. The third-order valence-electron chi connectivity index (χ3n) is 12.4. The minimum atomic E-state index is 0.583. The summed E-state index contributed by atoms with van der Waals surface area (Å²) in [4.78, 5) is 16.2. The normalized spacial score (nSPS) is 12.2. The second kappa shape index (κ2) is 12.9. The Labute approximate surface area is 361 Å². The first-order valence-corrected chi connectivity index (χ1v) is 22.3. The molecule has 0 N–H and O–H groups in total. The number of hydrogen-bond acceptors (Lipinski definition) is 6. The van der Waals surface area contributed by atoms with Crippen molar-refractivity contribution >= 4 is 118 Å². The van der Waals surface area contributed by atoms with E-state index < -0.39 is 0 Å². The SMILES string of the molecule is c1ccc2cc3c(cc2c1)c1ccccc1n3-c1cc(-c2nc(-c3ccc4sc5ccccc5c4c3)nc(-c3ccc4sc5ccccc5c4c3)n2)c2c(c1)oc1ccccc12. The van der Waals surface area contributed by atoms with Crippen molar-refractivity contribution in [2.24, 2.45) is 0 Å². The number of fused-ring (bicyclic) bond motifs is 13. The monoisotopic (exact) mass is 826 g/mol. The van der Waals surface area contributed by atoms with Crippen LogP contribution < -0.4 is 0 Å². The van der Waals surface area contributed by atoms with E-state index in [1.807, 2.05) is 34.8 Å². The van der Waals surface area contributed by atoms with Gasteiger partial charge in [-0.1, -0.05) is 97.1 Å². The van der Waals surface area contributed by atoms with Crippen molar-refractivity contribution < 1.29 is 4.42 Å². The van der Waals surface area contributed by atoms with E-state index in [2.05, 4.69) is 174 Å². The van der Waals surface area contributed by atoms with Crippen LogP contribution in [0, 0.1) is 0 Å². The van der Waals surface area contributed by atoms with Crippen LogP contribution >= 0.6 is 22.7 Å². The topological polar surface area (TPSA) is 56.7 Å². The van der Waals surface area contributed by atoms with Gasteiger partial charge < -0.3 is 8.98 Å². The largest absolute Gasteiger partial charge is 0.456 e. The Kier molecular flexibility index (Phi) is 7.08. The lowest BCUT2D eigenvalue weighted by atomic mass is 10.0. The molecule has 0 saturated carbocycles. The van der Waals surface area contributed by atoms with Gasteiger partial charge in [-0.15, -0.1) is 22.7 Å². The van der Waals surface area contributed by atoms with Crippen molar-refractivity contribution in [2.75, 3.05) is 0 Å². The van der Waals surface area contributed by atoms with Crippen molar-refractivity contribution in [2.45, 2.75) is 0 Å². The quantitative estimate of drug-likeness (QED) is 0.177. The lowest BCUT2D eigenvalue weighted by Crippen LogP contribution is -2.02. The fourth-order valence-corrected chi connectivity index (χ4v) is 11.7. The molecule has 7 heteroatoms. The second-order valence-electron chi connectivity index (χ2n) is 16.0. The zero-order chi connectivity index (χ0) is 40.5. The van der Waals surface area contributed by atoms with Gasteiger partial charge >= 0.3 is 0 Å². The van der Waals surface area contributed by atoms with Crippen molar-refractivity contribution in [3.05, 3.63) is 182 Å². The number of rotatable bonds is 4. The predicted molar refractivity (Wildman–Crippen MR) is 261 cm³/mol. The summed E-state index contributed by atoms with van der Waals surface area (Å²) in [6, 6.07) is 65.0. The molecule has 0 unspecified atom stereocenters. The third-order valence-corrected chi connectivity index (χ3v) is 14.7. The van der Waals surface area contributed by atoms with Crippen LogP contribution in [-0.4, -0.2) is 19.5 Å². The molecule has 0 spiro atoms. The number of nitrogens with zero attached hydrogens (tertiary/aromatic N) is 4. The molecule has 14 rings (SSSR count). The fourth-order valence-electron chi connectivity index (χ4n) is 9.56. The summed E-state index contributed by atoms with van der Waals surface area (Å²) in [5.74, 6) is 1.82. The van der Waals surface area contributed by atoms with Crippen LogP contribution in [0.5, 0.6) is 0 Å². The Morgan fingerprint density at radius 1 is 0.371 bits per heavy atom. The molecule has 5 heterocycles. The molecular weight excluding hydrogens is 797 g/mol. The lowest BCUT2D eigenvalue weighted by molar-refractivity contribution is 0.668. The number of benzene rings is 9. The fraction of sp³-hybridized carbons (Fsp3) is 0. The molecule has 288 valence electrons. The van der Waals surface area contributed by atoms with Crippen LogP contribution in [0.15, 0.2) is 186 Å². The van der Waals surface area contributed by atoms with Crippen LogP contribution in [0.4, 0.5) is 0 Å². The van der Waals surface area contributed by atoms with Crippen molar-refractivity contribution in [3.8, 4) is 39.9 Å². The first-order valence-electron chi connectivity index (χ1n) is 20.7. The first kappa shape index (κ1) is 34.0. The van der Waals surface area contributed by atoms with Gasteiger partial charge in [0, 0.05) is 84.6 Å². The predicted octanol–water partition coefficient (Wildman–Crippen LogP) is 15.8. The molecule has 0 amide bonds. The first-order chi connectivity index (χ1) is 30.7. The van der Waals surface area contributed by atoms with Gasteiger partial charge in [0.2, 0.25) is 0 Å². The molecule has 62 heavy (non-hydrogen) atoms. The molecule has 5 aromatic heterocycles. The van der Waals surface area contributed by atoms with E-state index in [9.17, 15) is 0 Å². The van der Waals surface area contributed by atoms with Crippen LogP contribution in [0.3, 0.4) is 0 Å². The molecule has 0 atom stereocenters. The molecule has 0 aliphatic heterocycles. The summed E-state index contributed by atoms with van der Waals surface area (Å²) in [7, 11) is 0. The van der Waals surface area contributed by atoms with Gasteiger partial charge in [0.25, 0.3) is 0 Å². The summed E-state index contributed by atoms with van der Waals surface area (Å²) >= 11 is 3.62. The molecule has 0 saturated heterocycles. The Hall–Kier alpha value is -7.71. The summed E-state index contributed by atoms with van der Waals surface area (Å²) in [6.45, 7) is 0. The van der Waals surface area contributed by atoms with Crippen molar-refractivity contribution in [3.63, 3.8) is 0 Å². The lowest BCUT2D eigenvalue weighted by Gasteiger charge is -2.13. The highest BCUT2D eigenvalue weighted by molar-refractivity contribution is 7.26. The van der Waals surface area contributed by atoms with Gasteiger partial charge in [0.05, 0.1) is 16.7 Å². The van der Waals surface area contributed by atoms with E-state index in [0.29, 0.717) is 17.5 Å². The Balaban J connectivity index is 1.07. The van der Waals surface area contributed by atoms with E-state index in [0.717, 1.165) is 55.3 Å². The molecule has 0 radical (unpaired) electrons. The van der Waals surface area contributed by atoms with Gasteiger partial charge in [-0.3, -0.25) is 0 Å².